The zero-order chi connectivity index (χ0) is 22.1. The molecular formula is C22H34N6O3. The number of amides is 1. The number of nitrogens with one attached hydrogen (secondary N) is 1. The van der Waals surface area contributed by atoms with Crippen LogP contribution in [0, 0.1) is 0 Å². The van der Waals surface area contributed by atoms with Crippen molar-refractivity contribution in [2.24, 2.45) is 0 Å². The van der Waals surface area contributed by atoms with Crippen molar-refractivity contribution in [3.63, 3.8) is 0 Å². The Morgan fingerprint density at radius 3 is 2.39 bits per heavy atom. The van der Waals surface area contributed by atoms with Gasteiger partial charge in [-0.05, 0) is 26.5 Å². The van der Waals surface area contributed by atoms with Crippen LogP contribution in [0.5, 0.6) is 0 Å². The molecule has 0 spiro atoms. The van der Waals surface area contributed by atoms with Crippen LogP contribution >= 0.6 is 0 Å². The number of hydrogen-bond acceptors (Lipinski definition) is 7. The maximum atomic E-state index is 13.0. The average molecular weight is 431 g/mol. The van der Waals surface area contributed by atoms with Crippen LogP contribution in [0.4, 0.5) is 0 Å². The summed E-state index contributed by atoms with van der Waals surface area (Å²) < 4.78 is 12.7. The van der Waals surface area contributed by atoms with E-state index < -0.39 is 6.29 Å². The summed E-state index contributed by atoms with van der Waals surface area (Å²) in [5.41, 5.74) is 1.36. The zero-order valence-electron chi connectivity index (χ0n) is 18.7. The fraction of sp³-hybridized carbons (Fsp3) is 0.591. The summed E-state index contributed by atoms with van der Waals surface area (Å²) in [4.78, 5) is 17.7. The van der Waals surface area contributed by atoms with Gasteiger partial charge in [-0.25, -0.2) is 4.68 Å². The molecule has 2 heterocycles. The standard InChI is InChI=1S/C22H34N6O3/c1-4-30-21(31-5-2)17-28-16-20(24-25-28)22(29)23-19(18-9-7-6-8-10-18)15-27-13-11-26(3)12-14-27/h6-10,16,19,21H,4-5,11-15,17H2,1-3H3,(H,23,29). The van der Waals surface area contributed by atoms with Gasteiger partial charge in [0.25, 0.3) is 5.91 Å². The highest BCUT2D eigenvalue weighted by atomic mass is 16.7. The van der Waals surface area contributed by atoms with Crippen LogP contribution in [0.2, 0.25) is 0 Å². The van der Waals surface area contributed by atoms with E-state index in [9.17, 15) is 4.79 Å². The van der Waals surface area contributed by atoms with Crippen molar-refractivity contribution in [2.45, 2.75) is 32.7 Å². The third-order valence-electron chi connectivity index (χ3n) is 5.36. The number of carbonyl (C=O) groups excluding carboxylic acids is 1. The van der Waals surface area contributed by atoms with Gasteiger partial charge in [-0.2, -0.15) is 0 Å². The first kappa shape index (κ1) is 23.3. The Morgan fingerprint density at radius 2 is 1.74 bits per heavy atom. The molecule has 1 fully saturated rings. The fourth-order valence-corrected chi connectivity index (χ4v) is 3.61. The molecule has 0 bridgehead atoms. The van der Waals surface area contributed by atoms with Gasteiger partial charge < -0.3 is 19.7 Å². The highest BCUT2D eigenvalue weighted by Gasteiger charge is 2.23. The van der Waals surface area contributed by atoms with E-state index in [1.54, 1.807) is 10.9 Å². The molecule has 1 amide bonds. The molecule has 0 radical (unpaired) electrons. The van der Waals surface area contributed by atoms with Gasteiger partial charge in [0.1, 0.15) is 0 Å². The Balaban J connectivity index is 1.65. The lowest BCUT2D eigenvalue weighted by molar-refractivity contribution is -0.145. The molecule has 1 aromatic carbocycles. The minimum Gasteiger partial charge on any atom is -0.351 e. The quantitative estimate of drug-likeness (QED) is 0.540. The lowest BCUT2D eigenvalue weighted by Gasteiger charge is -2.35. The number of nitrogens with zero attached hydrogens (tertiary/aromatic N) is 5. The smallest absolute Gasteiger partial charge is 0.273 e. The Morgan fingerprint density at radius 1 is 1.06 bits per heavy atom. The Bertz CT molecular complexity index is 786. The number of aromatic nitrogens is 3. The van der Waals surface area contributed by atoms with E-state index in [-0.39, 0.29) is 17.6 Å². The Kier molecular flexibility index (Phi) is 8.96. The number of piperazine rings is 1. The second kappa shape index (κ2) is 11.9. The van der Waals surface area contributed by atoms with Crippen LogP contribution in [0.25, 0.3) is 0 Å². The van der Waals surface area contributed by atoms with Crippen LogP contribution in [0.3, 0.4) is 0 Å². The highest BCUT2D eigenvalue weighted by Crippen LogP contribution is 2.16. The molecule has 1 N–H and O–H groups in total. The summed E-state index contributed by atoms with van der Waals surface area (Å²) in [6.45, 7) is 10.1. The minimum absolute atomic E-state index is 0.123. The van der Waals surface area contributed by atoms with Crippen LogP contribution < -0.4 is 5.32 Å². The topological polar surface area (TPSA) is 84.8 Å². The lowest BCUT2D eigenvalue weighted by Crippen LogP contribution is -2.47. The predicted molar refractivity (Wildman–Crippen MR) is 118 cm³/mol. The van der Waals surface area contributed by atoms with E-state index in [2.05, 4.69) is 32.5 Å². The molecule has 170 valence electrons. The molecule has 1 saturated heterocycles. The zero-order valence-corrected chi connectivity index (χ0v) is 18.7. The van der Waals surface area contributed by atoms with Gasteiger partial charge in [-0.3, -0.25) is 9.69 Å². The van der Waals surface area contributed by atoms with E-state index in [0.717, 1.165) is 38.3 Å². The molecule has 3 rings (SSSR count). The molecule has 1 unspecified atom stereocenters. The Labute approximate surface area is 184 Å². The first-order valence-corrected chi connectivity index (χ1v) is 11.0. The molecule has 1 atom stereocenters. The first-order chi connectivity index (χ1) is 15.1. The maximum absolute atomic E-state index is 13.0. The number of likely N-dealkylation sites (N-methyl/N-ethyl adjacent to an activating group) is 1. The van der Waals surface area contributed by atoms with E-state index in [4.69, 9.17) is 9.47 Å². The molecule has 2 aromatic rings. The van der Waals surface area contributed by atoms with Gasteiger partial charge in [0, 0.05) is 45.9 Å². The summed E-state index contributed by atoms with van der Waals surface area (Å²) in [5, 5.41) is 11.3. The molecule has 1 aromatic heterocycles. The number of carbonyl (C=O) groups is 1. The summed E-state index contributed by atoms with van der Waals surface area (Å²) in [6.07, 6.45) is 1.22. The SMILES string of the molecule is CCOC(Cn1cc(C(=O)NC(CN2CCN(C)CC2)c2ccccc2)nn1)OCC. The van der Waals surface area contributed by atoms with Crippen LogP contribution in [-0.4, -0.2) is 90.0 Å². The van der Waals surface area contributed by atoms with E-state index in [1.807, 2.05) is 44.2 Å². The third kappa shape index (κ3) is 7.10. The average Bonchev–Trinajstić information content (AvgIpc) is 3.24. The van der Waals surface area contributed by atoms with Gasteiger partial charge >= 0.3 is 0 Å². The van der Waals surface area contributed by atoms with Gasteiger partial charge in [0.2, 0.25) is 0 Å². The summed E-state index contributed by atoms with van der Waals surface area (Å²) in [5.74, 6) is -0.237. The van der Waals surface area contributed by atoms with E-state index in [1.165, 1.54) is 0 Å². The van der Waals surface area contributed by atoms with Crippen molar-refractivity contribution in [1.29, 1.82) is 0 Å². The number of ether oxygens (including phenoxy) is 2. The molecular weight excluding hydrogens is 396 g/mol. The molecule has 1 aliphatic rings. The summed E-state index contributed by atoms with van der Waals surface area (Å²) in [7, 11) is 2.14. The molecule has 9 heteroatoms. The van der Waals surface area contributed by atoms with Crippen molar-refractivity contribution >= 4 is 5.91 Å². The van der Waals surface area contributed by atoms with E-state index in [0.29, 0.717) is 19.8 Å². The molecule has 0 aliphatic carbocycles. The summed E-state index contributed by atoms with van der Waals surface area (Å²) in [6, 6.07) is 9.95. The molecule has 31 heavy (non-hydrogen) atoms. The number of rotatable bonds is 11. The van der Waals surface area contributed by atoms with Crippen LogP contribution in [-0.2, 0) is 16.0 Å². The first-order valence-electron chi connectivity index (χ1n) is 11.0. The van der Waals surface area contributed by atoms with E-state index >= 15 is 0 Å². The van der Waals surface area contributed by atoms with Crippen molar-refractivity contribution < 1.29 is 14.3 Å². The Hall–Kier alpha value is -2.33. The second-order valence-corrected chi connectivity index (χ2v) is 7.71. The van der Waals surface area contributed by atoms with Gasteiger partial charge in [0.05, 0.1) is 18.8 Å². The van der Waals surface area contributed by atoms with Crippen molar-refractivity contribution in [3.8, 4) is 0 Å². The van der Waals surface area contributed by atoms with Crippen LogP contribution in [0.15, 0.2) is 36.5 Å². The highest BCUT2D eigenvalue weighted by molar-refractivity contribution is 5.92. The third-order valence-corrected chi connectivity index (χ3v) is 5.36. The maximum Gasteiger partial charge on any atom is 0.273 e. The van der Waals surface area contributed by atoms with Gasteiger partial charge in [0.15, 0.2) is 12.0 Å². The molecule has 1 aliphatic heterocycles. The predicted octanol–water partition coefficient (Wildman–Crippen LogP) is 1.40. The van der Waals surface area contributed by atoms with Crippen molar-refractivity contribution in [1.82, 2.24) is 30.1 Å². The van der Waals surface area contributed by atoms with Crippen LogP contribution in [0.1, 0.15) is 35.9 Å². The molecule has 9 nitrogen and oxygen atoms in total. The van der Waals surface area contributed by atoms with Gasteiger partial charge in [-0.1, -0.05) is 35.5 Å². The summed E-state index contributed by atoms with van der Waals surface area (Å²) >= 11 is 0. The van der Waals surface area contributed by atoms with Crippen molar-refractivity contribution in [2.75, 3.05) is 53.0 Å². The molecule has 0 saturated carbocycles. The monoisotopic (exact) mass is 430 g/mol. The lowest BCUT2D eigenvalue weighted by atomic mass is 10.1. The normalized spacial score (nSPS) is 16.5. The largest absolute Gasteiger partial charge is 0.351 e. The minimum atomic E-state index is -0.415. The fourth-order valence-electron chi connectivity index (χ4n) is 3.61. The van der Waals surface area contributed by atoms with Crippen molar-refractivity contribution in [3.05, 3.63) is 47.8 Å². The second-order valence-electron chi connectivity index (χ2n) is 7.71. The number of benzene rings is 1. The number of hydrogen-bond donors (Lipinski definition) is 1. The van der Waals surface area contributed by atoms with Gasteiger partial charge in [-0.15, -0.1) is 5.10 Å².